The number of methoxy groups -OCH3 is 1. The van der Waals surface area contributed by atoms with Crippen LogP contribution in [0, 0.1) is 0 Å². The topological polar surface area (TPSA) is 55.8 Å². The maximum atomic E-state index is 12.7. The van der Waals surface area contributed by atoms with Crippen molar-refractivity contribution in [1.82, 2.24) is 4.90 Å². The molecule has 0 bridgehead atoms. The molecule has 24 heavy (non-hydrogen) atoms. The van der Waals surface area contributed by atoms with Gasteiger partial charge in [0.2, 0.25) is 5.91 Å². The third-order valence-corrected chi connectivity index (χ3v) is 3.72. The van der Waals surface area contributed by atoms with Gasteiger partial charge < -0.3 is 18.5 Å². The lowest BCUT2D eigenvalue weighted by atomic mass is 10.1. The molecule has 2 aromatic heterocycles. The smallest absolute Gasteiger partial charge is 0.227 e. The van der Waals surface area contributed by atoms with Crippen molar-refractivity contribution in [3.8, 4) is 5.75 Å². The number of nitrogens with zero attached hydrogens (tertiary/aromatic N) is 1. The Labute approximate surface area is 140 Å². The molecule has 3 aromatic rings. The maximum Gasteiger partial charge on any atom is 0.227 e. The highest BCUT2D eigenvalue weighted by atomic mass is 16.5. The maximum absolute atomic E-state index is 12.7. The number of carbonyl (C=O) groups is 1. The van der Waals surface area contributed by atoms with Gasteiger partial charge in [-0.3, -0.25) is 4.79 Å². The van der Waals surface area contributed by atoms with Crippen LogP contribution in [-0.2, 0) is 24.3 Å². The van der Waals surface area contributed by atoms with Crippen LogP contribution in [0.3, 0.4) is 0 Å². The highest BCUT2D eigenvalue weighted by molar-refractivity contribution is 5.78. The summed E-state index contributed by atoms with van der Waals surface area (Å²) in [7, 11) is 1.62. The van der Waals surface area contributed by atoms with Crippen LogP contribution in [0.2, 0.25) is 0 Å². The minimum absolute atomic E-state index is 0.00738. The van der Waals surface area contributed by atoms with Crippen molar-refractivity contribution < 1.29 is 18.4 Å². The number of rotatable bonds is 7. The van der Waals surface area contributed by atoms with E-state index in [9.17, 15) is 4.79 Å². The Kier molecular flexibility index (Phi) is 5.01. The summed E-state index contributed by atoms with van der Waals surface area (Å²) < 4.78 is 15.9. The first kappa shape index (κ1) is 15.9. The Bertz CT molecular complexity index is 709. The molecule has 0 aliphatic rings. The summed E-state index contributed by atoms with van der Waals surface area (Å²) in [6.07, 6.45) is 3.52. The van der Waals surface area contributed by atoms with Gasteiger partial charge in [-0.2, -0.15) is 0 Å². The second-order valence-corrected chi connectivity index (χ2v) is 5.43. The van der Waals surface area contributed by atoms with Crippen LogP contribution in [0.25, 0.3) is 0 Å². The molecule has 124 valence electrons. The summed E-state index contributed by atoms with van der Waals surface area (Å²) in [5, 5.41) is 0. The van der Waals surface area contributed by atoms with Gasteiger partial charge in [0.05, 0.1) is 39.1 Å². The molecule has 0 N–H and O–H groups in total. The Hall–Kier alpha value is -2.95. The molecule has 1 aromatic carbocycles. The lowest BCUT2D eigenvalue weighted by Crippen LogP contribution is -2.31. The second-order valence-electron chi connectivity index (χ2n) is 5.43. The van der Waals surface area contributed by atoms with Crippen LogP contribution >= 0.6 is 0 Å². The SMILES string of the molecule is COc1ccc(CC(=O)N(Cc2ccco2)Cc2ccco2)cc1. The molecular weight excluding hydrogens is 306 g/mol. The summed E-state index contributed by atoms with van der Waals surface area (Å²) in [4.78, 5) is 14.5. The van der Waals surface area contributed by atoms with Gasteiger partial charge in [-0.1, -0.05) is 12.1 Å². The van der Waals surface area contributed by atoms with Crippen LogP contribution in [0.5, 0.6) is 5.75 Å². The summed E-state index contributed by atoms with van der Waals surface area (Å²) in [5.41, 5.74) is 0.935. The molecule has 0 radical (unpaired) electrons. The van der Waals surface area contributed by atoms with Gasteiger partial charge in [-0.25, -0.2) is 0 Å². The standard InChI is InChI=1S/C19H19NO4/c1-22-16-8-6-15(7-9-16)12-19(21)20(13-17-4-2-10-23-17)14-18-5-3-11-24-18/h2-11H,12-14H2,1H3. The predicted octanol–water partition coefficient (Wildman–Crippen LogP) is 3.65. The van der Waals surface area contributed by atoms with E-state index in [2.05, 4.69) is 0 Å². The monoisotopic (exact) mass is 325 g/mol. The van der Waals surface area contributed by atoms with E-state index >= 15 is 0 Å². The van der Waals surface area contributed by atoms with Gasteiger partial charge in [0.1, 0.15) is 17.3 Å². The van der Waals surface area contributed by atoms with E-state index in [1.807, 2.05) is 48.5 Å². The van der Waals surface area contributed by atoms with E-state index in [1.165, 1.54) is 0 Å². The van der Waals surface area contributed by atoms with Gasteiger partial charge >= 0.3 is 0 Å². The second kappa shape index (κ2) is 7.55. The molecule has 2 heterocycles. The third kappa shape index (κ3) is 4.07. The molecular formula is C19H19NO4. The number of benzene rings is 1. The van der Waals surface area contributed by atoms with Gasteiger partial charge in [0.15, 0.2) is 0 Å². The Morgan fingerprint density at radius 2 is 1.54 bits per heavy atom. The van der Waals surface area contributed by atoms with Crippen LogP contribution in [0.15, 0.2) is 69.9 Å². The fraction of sp³-hybridized carbons (Fsp3) is 0.211. The van der Waals surface area contributed by atoms with Crippen molar-refractivity contribution in [2.24, 2.45) is 0 Å². The molecule has 0 unspecified atom stereocenters. The normalized spacial score (nSPS) is 10.5. The predicted molar refractivity (Wildman–Crippen MR) is 88.4 cm³/mol. The minimum Gasteiger partial charge on any atom is -0.497 e. The number of furan rings is 2. The van der Waals surface area contributed by atoms with Gasteiger partial charge in [-0.15, -0.1) is 0 Å². The molecule has 3 rings (SSSR count). The number of hydrogen-bond donors (Lipinski definition) is 0. The van der Waals surface area contributed by atoms with Crippen molar-refractivity contribution in [2.45, 2.75) is 19.5 Å². The highest BCUT2D eigenvalue weighted by Crippen LogP contribution is 2.15. The van der Waals surface area contributed by atoms with Gasteiger partial charge in [-0.05, 0) is 42.0 Å². The first-order chi connectivity index (χ1) is 11.7. The summed E-state index contributed by atoms with van der Waals surface area (Å²) >= 11 is 0. The molecule has 5 nitrogen and oxygen atoms in total. The average molecular weight is 325 g/mol. The molecule has 0 spiro atoms. The molecule has 0 saturated heterocycles. The van der Waals surface area contributed by atoms with Gasteiger partial charge in [0, 0.05) is 0 Å². The lowest BCUT2D eigenvalue weighted by Gasteiger charge is -2.20. The fourth-order valence-corrected chi connectivity index (χ4v) is 2.44. The number of hydrogen-bond acceptors (Lipinski definition) is 4. The number of ether oxygens (including phenoxy) is 1. The van der Waals surface area contributed by atoms with E-state index in [-0.39, 0.29) is 5.91 Å². The van der Waals surface area contributed by atoms with Crippen LogP contribution in [0.1, 0.15) is 17.1 Å². The zero-order valence-corrected chi connectivity index (χ0v) is 13.5. The Morgan fingerprint density at radius 1 is 0.958 bits per heavy atom. The minimum atomic E-state index is 0.00738. The zero-order valence-electron chi connectivity index (χ0n) is 13.5. The third-order valence-electron chi connectivity index (χ3n) is 3.72. The Balaban J connectivity index is 1.71. The largest absolute Gasteiger partial charge is 0.497 e. The first-order valence-electron chi connectivity index (χ1n) is 7.70. The van der Waals surface area contributed by atoms with E-state index in [0.29, 0.717) is 19.5 Å². The van der Waals surface area contributed by atoms with E-state index < -0.39 is 0 Å². The molecule has 1 amide bonds. The van der Waals surface area contributed by atoms with Crippen molar-refractivity contribution in [1.29, 1.82) is 0 Å². The zero-order chi connectivity index (χ0) is 16.8. The van der Waals surface area contributed by atoms with E-state index in [4.69, 9.17) is 13.6 Å². The van der Waals surface area contributed by atoms with E-state index in [1.54, 1.807) is 24.5 Å². The molecule has 0 aliphatic heterocycles. The van der Waals surface area contributed by atoms with Crippen molar-refractivity contribution >= 4 is 5.91 Å². The first-order valence-corrected chi connectivity index (χ1v) is 7.70. The molecule has 0 atom stereocenters. The van der Waals surface area contributed by atoms with Crippen LogP contribution in [-0.4, -0.2) is 17.9 Å². The molecule has 0 fully saturated rings. The van der Waals surface area contributed by atoms with Crippen LogP contribution < -0.4 is 4.74 Å². The number of carbonyl (C=O) groups excluding carboxylic acids is 1. The van der Waals surface area contributed by atoms with Crippen LogP contribution in [0.4, 0.5) is 0 Å². The van der Waals surface area contributed by atoms with Crippen molar-refractivity contribution in [3.05, 3.63) is 78.1 Å². The summed E-state index contributed by atoms with van der Waals surface area (Å²) in [6, 6.07) is 14.8. The lowest BCUT2D eigenvalue weighted by molar-refractivity contribution is -0.132. The van der Waals surface area contributed by atoms with Crippen molar-refractivity contribution in [2.75, 3.05) is 7.11 Å². The molecule has 0 aliphatic carbocycles. The average Bonchev–Trinajstić information content (AvgIpc) is 3.29. The van der Waals surface area contributed by atoms with Crippen molar-refractivity contribution in [3.63, 3.8) is 0 Å². The summed E-state index contributed by atoms with van der Waals surface area (Å²) in [6.45, 7) is 0.811. The molecule has 0 saturated carbocycles. The quantitative estimate of drug-likeness (QED) is 0.665. The summed E-state index contributed by atoms with van der Waals surface area (Å²) in [5.74, 6) is 2.26. The van der Waals surface area contributed by atoms with E-state index in [0.717, 1.165) is 22.8 Å². The number of amides is 1. The fourth-order valence-electron chi connectivity index (χ4n) is 2.44. The van der Waals surface area contributed by atoms with Gasteiger partial charge in [0.25, 0.3) is 0 Å². The Morgan fingerprint density at radius 3 is 2.00 bits per heavy atom. The highest BCUT2D eigenvalue weighted by Gasteiger charge is 2.17. The molecule has 5 heteroatoms.